The lowest BCUT2D eigenvalue weighted by Crippen LogP contribution is -2.50. The Morgan fingerprint density at radius 2 is 2.14 bits per heavy atom. The number of aromatic nitrogens is 2. The zero-order valence-corrected chi connectivity index (χ0v) is 19.1. The second-order valence-corrected chi connectivity index (χ2v) is 10.7. The fourth-order valence-electron chi connectivity index (χ4n) is 3.39. The van der Waals surface area contributed by atoms with E-state index in [-0.39, 0.29) is 12.0 Å². The molecule has 1 aliphatic heterocycles. The first kappa shape index (κ1) is 21.9. The van der Waals surface area contributed by atoms with Gasteiger partial charge in [0.2, 0.25) is 0 Å². The second-order valence-electron chi connectivity index (χ2n) is 7.42. The van der Waals surface area contributed by atoms with Crippen LogP contribution in [0.3, 0.4) is 0 Å². The van der Waals surface area contributed by atoms with Gasteiger partial charge in [-0.15, -0.1) is 11.3 Å². The molecule has 1 saturated heterocycles. The number of carbonyl (C=O) groups is 1. The highest BCUT2D eigenvalue weighted by atomic mass is 35.5. The highest BCUT2D eigenvalue weighted by molar-refractivity contribution is 7.91. The van der Waals surface area contributed by atoms with Gasteiger partial charge in [-0.2, -0.15) is 13.5 Å². The van der Waals surface area contributed by atoms with E-state index in [1.165, 1.54) is 26.5 Å². The quantitative estimate of drug-likeness (QED) is 0.690. The molecule has 12 heteroatoms. The molecule has 3 rings (SSSR count). The summed E-state index contributed by atoms with van der Waals surface area (Å²) in [5.41, 5.74) is 0.922. The largest absolute Gasteiger partial charge is 0.334 e. The van der Waals surface area contributed by atoms with Crippen LogP contribution in [0.15, 0.2) is 18.5 Å². The topological polar surface area (TPSA) is 99.6 Å². The summed E-state index contributed by atoms with van der Waals surface area (Å²) < 4.78 is 31.7. The van der Waals surface area contributed by atoms with Crippen molar-refractivity contribution in [1.29, 1.82) is 0 Å². The molecule has 1 aliphatic rings. The number of thiophene rings is 1. The summed E-state index contributed by atoms with van der Waals surface area (Å²) in [4.78, 5) is 15.5. The first-order chi connectivity index (χ1) is 13.6. The Balaban J connectivity index is 1.82. The first-order valence-corrected chi connectivity index (χ1v) is 11.8. The molecule has 0 bridgehead atoms. The summed E-state index contributed by atoms with van der Waals surface area (Å²) in [6.07, 6.45) is 3.75. The van der Waals surface area contributed by atoms with Crippen LogP contribution in [-0.4, -0.2) is 55.3 Å². The van der Waals surface area contributed by atoms with Crippen molar-refractivity contribution < 1.29 is 13.2 Å². The van der Waals surface area contributed by atoms with Crippen LogP contribution >= 0.6 is 22.9 Å². The lowest BCUT2D eigenvalue weighted by Gasteiger charge is -2.28. The van der Waals surface area contributed by atoms with Crippen molar-refractivity contribution in [3.05, 3.63) is 27.7 Å². The van der Waals surface area contributed by atoms with Crippen molar-refractivity contribution in [2.45, 2.75) is 32.2 Å². The predicted molar refractivity (Wildman–Crippen MR) is 116 cm³/mol. The van der Waals surface area contributed by atoms with Crippen LogP contribution in [0.5, 0.6) is 0 Å². The maximum absolute atomic E-state index is 13.1. The number of nitrogens with one attached hydrogen (secondary N) is 2. The number of carbonyl (C=O) groups excluding carboxylic acids is 1. The van der Waals surface area contributed by atoms with Crippen molar-refractivity contribution in [2.24, 2.45) is 7.05 Å². The number of halogens is 1. The second kappa shape index (κ2) is 8.50. The van der Waals surface area contributed by atoms with Gasteiger partial charge >= 0.3 is 16.2 Å². The van der Waals surface area contributed by atoms with Crippen molar-refractivity contribution in [2.75, 3.05) is 29.8 Å². The van der Waals surface area contributed by atoms with Crippen LogP contribution in [0.25, 0.3) is 0 Å². The van der Waals surface area contributed by atoms with Gasteiger partial charge in [0.05, 0.1) is 27.9 Å². The number of nitrogens with zero attached hydrogens (tertiary/aromatic N) is 4. The number of anilines is 2. The highest BCUT2D eigenvalue weighted by Gasteiger charge is 2.36. The highest BCUT2D eigenvalue weighted by Crippen LogP contribution is 2.36. The van der Waals surface area contributed by atoms with E-state index < -0.39 is 16.2 Å². The average molecular weight is 461 g/mol. The normalized spacial score (nSPS) is 17.7. The Hall–Kier alpha value is -1.82. The molecule has 0 aromatic carbocycles. The lowest BCUT2D eigenvalue weighted by molar-refractivity contribution is 0.256. The molecule has 1 atom stereocenters. The van der Waals surface area contributed by atoms with Crippen LogP contribution < -0.4 is 14.3 Å². The minimum Gasteiger partial charge on any atom is -0.306 e. The van der Waals surface area contributed by atoms with Crippen LogP contribution in [-0.2, 0) is 17.3 Å². The Morgan fingerprint density at radius 3 is 2.69 bits per heavy atom. The number of amides is 2. The maximum atomic E-state index is 13.1. The van der Waals surface area contributed by atoms with E-state index in [0.29, 0.717) is 28.7 Å². The molecule has 0 unspecified atom stereocenters. The molecule has 0 spiro atoms. The number of aryl methyl sites for hydroxylation is 1. The van der Waals surface area contributed by atoms with Crippen molar-refractivity contribution in [3.63, 3.8) is 0 Å². The first-order valence-electron chi connectivity index (χ1n) is 9.16. The van der Waals surface area contributed by atoms with Gasteiger partial charge in [-0.1, -0.05) is 25.4 Å². The predicted octanol–water partition coefficient (Wildman–Crippen LogP) is 2.84. The SMILES string of the molecule is CC(C)c1sc(Cl)cc1NC(=O)NS(=O)(=O)N(c1cnn(C)c1)[C@@H]1CCN(C)C1. The molecular formula is C17H25ClN6O3S2. The fourth-order valence-corrected chi connectivity index (χ4v) is 5.91. The molecule has 2 amide bonds. The Morgan fingerprint density at radius 1 is 1.41 bits per heavy atom. The van der Waals surface area contributed by atoms with E-state index >= 15 is 0 Å². The monoisotopic (exact) mass is 460 g/mol. The molecule has 0 saturated carbocycles. The van der Waals surface area contributed by atoms with Crippen LogP contribution in [0, 0.1) is 0 Å². The smallest absolute Gasteiger partial charge is 0.306 e. The van der Waals surface area contributed by atoms with Gasteiger partial charge in [0, 0.05) is 24.7 Å². The third kappa shape index (κ3) is 5.03. The summed E-state index contributed by atoms with van der Waals surface area (Å²) in [5.74, 6) is 0.139. The molecule has 9 nitrogen and oxygen atoms in total. The maximum Gasteiger partial charge on any atom is 0.334 e. The summed E-state index contributed by atoms with van der Waals surface area (Å²) in [6.45, 7) is 5.29. The molecule has 2 N–H and O–H groups in total. The third-order valence-corrected chi connectivity index (χ3v) is 7.66. The number of hydrogen-bond acceptors (Lipinski definition) is 6. The zero-order valence-electron chi connectivity index (χ0n) is 16.7. The molecule has 0 aliphatic carbocycles. The van der Waals surface area contributed by atoms with Crippen molar-refractivity contribution >= 4 is 50.6 Å². The summed E-state index contributed by atoms with van der Waals surface area (Å²) in [6, 6.07) is 0.497. The molecule has 2 aromatic heterocycles. The molecule has 160 valence electrons. The number of likely N-dealkylation sites (N-methyl/N-ethyl adjacent to an activating group) is 1. The number of urea groups is 1. The van der Waals surface area contributed by atoms with Gasteiger partial charge in [0.15, 0.2) is 0 Å². The van der Waals surface area contributed by atoms with Gasteiger partial charge in [-0.05, 0) is 32.0 Å². The van der Waals surface area contributed by atoms with Crippen molar-refractivity contribution in [3.8, 4) is 0 Å². The van der Waals surface area contributed by atoms with Crippen LogP contribution in [0.2, 0.25) is 4.34 Å². The van der Waals surface area contributed by atoms with E-state index in [0.717, 1.165) is 11.4 Å². The number of rotatable bonds is 6. The van der Waals surface area contributed by atoms with Gasteiger partial charge in [-0.25, -0.2) is 13.8 Å². The van der Waals surface area contributed by atoms with Crippen molar-refractivity contribution in [1.82, 2.24) is 19.4 Å². The van der Waals surface area contributed by atoms with E-state index in [4.69, 9.17) is 11.6 Å². The van der Waals surface area contributed by atoms with E-state index in [9.17, 15) is 13.2 Å². The summed E-state index contributed by atoms with van der Waals surface area (Å²) in [5, 5.41) is 6.70. The average Bonchev–Trinajstić information content (AvgIpc) is 3.28. The van der Waals surface area contributed by atoms with Gasteiger partial charge < -0.3 is 10.2 Å². The van der Waals surface area contributed by atoms with E-state index in [1.54, 1.807) is 19.3 Å². The Bertz CT molecular complexity index is 987. The van der Waals surface area contributed by atoms with Gasteiger partial charge in [0.1, 0.15) is 0 Å². The molecule has 2 aromatic rings. The molecule has 0 radical (unpaired) electrons. The standard InChI is InChI=1S/C17H25ClN6O3S2/c1-11(2)16-14(7-15(18)28-16)20-17(25)21-29(26,27)24(12-5-6-22(3)9-12)13-8-19-23(4)10-13/h7-8,10-12H,5-6,9H2,1-4H3,(H2,20,21,25)/t12-/m1/s1. The minimum atomic E-state index is -4.15. The van der Waals surface area contributed by atoms with Gasteiger partial charge in [0.25, 0.3) is 0 Å². The number of likely N-dealkylation sites (tertiary alicyclic amines) is 1. The molecule has 1 fully saturated rings. The Labute approximate surface area is 179 Å². The molecule has 29 heavy (non-hydrogen) atoms. The van der Waals surface area contributed by atoms with Crippen LogP contribution in [0.4, 0.5) is 16.2 Å². The van der Waals surface area contributed by atoms with Gasteiger partial charge in [-0.3, -0.25) is 4.68 Å². The summed E-state index contributed by atoms with van der Waals surface area (Å²) >= 11 is 7.42. The Kier molecular flexibility index (Phi) is 6.42. The van der Waals surface area contributed by atoms with Crippen LogP contribution in [0.1, 0.15) is 31.1 Å². The third-order valence-electron chi connectivity index (χ3n) is 4.63. The lowest BCUT2D eigenvalue weighted by atomic mass is 10.1. The summed E-state index contributed by atoms with van der Waals surface area (Å²) in [7, 11) is -0.509. The number of hydrogen-bond donors (Lipinski definition) is 2. The van der Waals surface area contributed by atoms with E-state index in [1.807, 2.05) is 25.8 Å². The molecule has 3 heterocycles. The zero-order chi connectivity index (χ0) is 21.3. The molecular weight excluding hydrogens is 436 g/mol. The van der Waals surface area contributed by atoms with E-state index in [2.05, 4.69) is 15.1 Å². The fraction of sp³-hybridized carbons (Fsp3) is 0.529. The minimum absolute atomic E-state index is 0.139.